The number of allylic oxidation sites excluding steroid dienone is 5. The van der Waals surface area contributed by atoms with Gasteiger partial charge in [0.25, 0.3) is 11.6 Å². The second-order valence-electron chi connectivity index (χ2n) is 9.72. The number of rotatable bonds is 4. The van der Waals surface area contributed by atoms with Crippen molar-refractivity contribution in [3.05, 3.63) is 102 Å². The van der Waals surface area contributed by atoms with Crippen LogP contribution >= 0.6 is 0 Å². The molecule has 1 aliphatic heterocycles. The molecule has 0 saturated carbocycles. The third-order valence-corrected chi connectivity index (χ3v) is 7.05. The van der Waals surface area contributed by atoms with E-state index in [-0.39, 0.29) is 27.9 Å². The predicted molar refractivity (Wildman–Crippen MR) is 134 cm³/mol. The number of hydrogen-bond acceptors (Lipinski definition) is 6. The standard InChI is InChI=1S/C28H31NO6/c1-16-11-17(2)13-28(24(18(3)12-16)21-7-9-22(10-8-21)29(31)32)14-23(34-15-28)26-19(4)25(30)20(5)27(33-6)35-26/h7-13,23-24H,14-15H2,1-6H3/b16-11-,17-13-,18-12-/t23-,24-,28+/m1/s1. The molecule has 0 unspecified atom stereocenters. The molecule has 0 N–H and O–H groups in total. The molecule has 1 aromatic heterocycles. The Balaban J connectivity index is 1.84. The van der Waals surface area contributed by atoms with Gasteiger partial charge in [-0.3, -0.25) is 14.9 Å². The van der Waals surface area contributed by atoms with E-state index >= 15 is 0 Å². The van der Waals surface area contributed by atoms with E-state index in [1.807, 2.05) is 12.1 Å². The maximum absolute atomic E-state index is 12.8. The van der Waals surface area contributed by atoms with Crippen LogP contribution in [0.1, 0.15) is 61.7 Å². The molecule has 2 aromatic rings. The summed E-state index contributed by atoms with van der Waals surface area (Å²) in [5.74, 6) is 0.607. The molecule has 184 valence electrons. The number of methoxy groups -OCH3 is 1. The summed E-state index contributed by atoms with van der Waals surface area (Å²) in [5.41, 5.74) is 4.83. The van der Waals surface area contributed by atoms with Crippen LogP contribution in [0.15, 0.2) is 68.4 Å². The summed E-state index contributed by atoms with van der Waals surface area (Å²) < 4.78 is 17.7. The lowest BCUT2D eigenvalue weighted by Crippen LogP contribution is -2.29. The number of ether oxygens (including phenoxy) is 2. The highest BCUT2D eigenvalue weighted by Gasteiger charge is 2.48. The molecule has 1 spiro atoms. The number of benzene rings is 1. The maximum Gasteiger partial charge on any atom is 0.291 e. The van der Waals surface area contributed by atoms with Gasteiger partial charge in [-0.15, -0.1) is 0 Å². The average Bonchev–Trinajstić information content (AvgIpc) is 3.21. The Morgan fingerprint density at radius 2 is 1.71 bits per heavy atom. The van der Waals surface area contributed by atoms with Gasteiger partial charge in [-0.1, -0.05) is 47.1 Å². The van der Waals surface area contributed by atoms with E-state index in [0.29, 0.717) is 29.9 Å². The Bertz CT molecular complexity index is 1310. The highest BCUT2D eigenvalue weighted by Crippen LogP contribution is 2.55. The minimum absolute atomic E-state index is 0.0581. The summed E-state index contributed by atoms with van der Waals surface area (Å²) in [6, 6.07) is 6.77. The molecule has 3 atom stereocenters. The number of nitro benzene ring substituents is 1. The molecule has 1 saturated heterocycles. The van der Waals surface area contributed by atoms with Crippen molar-refractivity contribution in [1.29, 1.82) is 0 Å². The Labute approximate surface area is 204 Å². The predicted octanol–water partition coefficient (Wildman–Crippen LogP) is 6.26. The summed E-state index contributed by atoms with van der Waals surface area (Å²) >= 11 is 0. The molecule has 7 nitrogen and oxygen atoms in total. The molecular formula is C28H31NO6. The summed E-state index contributed by atoms with van der Waals surface area (Å²) in [6.07, 6.45) is 6.71. The summed E-state index contributed by atoms with van der Waals surface area (Å²) in [5, 5.41) is 11.2. The van der Waals surface area contributed by atoms with E-state index in [1.54, 1.807) is 26.0 Å². The highest BCUT2D eigenvalue weighted by atomic mass is 16.6. The highest BCUT2D eigenvalue weighted by molar-refractivity contribution is 5.45. The third kappa shape index (κ3) is 4.48. The fourth-order valence-electron chi connectivity index (χ4n) is 5.69. The van der Waals surface area contributed by atoms with Crippen LogP contribution in [0.2, 0.25) is 0 Å². The first-order valence-corrected chi connectivity index (χ1v) is 11.7. The zero-order chi connectivity index (χ0) is 25.5. The van der Waals surface area contributed by atoms with E-state index in [1.165, 1.54) is 7.11 Å². The molecule has 35 heavy (non-hydrogen) atoms. The molecule has 1 fully saturated rings. The van der Waals surface area contributed by atoms with Gasteiger partial charge in [-0.25, -0.2) is 0 Å². The van der Waals surface area contributed by atoms with Crippen molar-refractivity contribution in [2.75, 3.05) is 13.7 Å². The average molecular weight is 478 g/mol. The molecule has 2 aliphatic rings. The molecule has 0 bridgehead atoms. The zero-order valence-electron chi connectivity index (χ0n) is 21.0. The van der Waals surface area contributed by atoms with Gasteiger partial charge in [0.1, 0.15) is 11.9 Å². The molecule has 1 aromatic carbocycles. The number of non-ortho nitro benzene ring substituents is 1. The number of nitrogens with zero attached hydrogens (tertiary/aromatic N) is 1. The first-order valence-electron chi connectivity index (χ1n) is 11.7. The molecular weight excluding hydrogens is 446 g/mol. The van der Waals surface area contributed by atoms with Crippen molar-refractivity contribution >= 4 is 5.69 Å². The van der Waals surface area contributed by atoms with Crippen molar-refractivity contribution in [3.8, 4) is 5.95 Å². The number of hydrogen-bond donors (Lipinski definition) is 0. The van der Waals surface area contributed by atoms with E-state index < -0.39 is 11.5 Å². The lowest BCUT2D eigenvalue weighted by atomic mass is 9.65. The fraction of sp³-hybridized carbons (Fsp3) is 0.393. The van der Waals surface area contributed by atoms with Crippen LogP contribution in [0, 0.1) is 29.4 Å². The SMILES string of the molecule is COc1oc([C@H]2C[C@@]3(\C=C(C)/C=C(C)\C=C(\C)[C@@H]3c3ccc([N+](=O)[O-])cc3)CO2)c(C)c(=O)c1C. The lowest BCUT2D eigenvalue weighted by Gasteiger charge is -2.37. The molecule has 4 rings (SSSR count). The van der Waals surface area contributed by atoms with Crippen LogP contribution in [0.5, 0.6) is 5.95 Å². The van der Waals surface area contributed by atoms with E-state index in [0.717, 1.165) is 22.3 Å². The van der Waals surface area contributed by atoms with Crippen molar-refractivity contribution in [3.63, 3.8) is 0 Å². The minimum Gasteiger partial charge on any atom is -0.468 e. The normalized spacial score (nSPS) is 28.8. The van der Waals surface area contributed by atoms with Crippen molar-refractivity contribution in [2.45, 2.75) is 53.1 Å². The topological polar surface area (TPSA) is 91.8 Å². The van der Waals surface area contributed by atoms with Crippen LogP contribution in [0.4, 0.5) is 5.69 Å². The Hall–Kier alpha value is -3.45. The summed E-state index contributed by atoms with van der Waals surface area (Å²) in [7, 11) is 1.48. The van der Waals surface area contributed by atoms with Gasteiger partial charge in [0, 0.05) is 29.0 Å². The van der Waals surface area contributed by atoms with Crippen molar-refractivity contribution in [2.24, 2.45) is 5.41 Å². The second-order valence-corrected chi connectivity index (χ2v) is 9.72. The van der Waals surface area contributed by atoms with Gasteiger partial charge in [0.05, 0.1) is 24.2 Å². The first-order chi connectivity index (χ1) is 16.6. The largest absolute Gasteiger partial charge is 0.468 e. The first kappa shape index (κ1) is 24.7. The molecule has 0 amide bonds. The lowest BCUT2D eigenvalue weighted by molar-refractivity contribution is -0.384. The molecule has 0 radical (unpaired) electrons. The van der Waals surface area contributed by atoms with E-state index in [2.05, 4.69) is 39.0 Å². The molecule has 1 aliphatic carbocycles. The second kappa shape index (κ2) is 9.30. The maximum atomic E-state index is 12.8. The quantitative estimate of drug-likeness (QED) is 0.381. The minimum atomic E-state index is -0.439. The zero-order valence-corrected chi connectivity index (χ0v) is 21.0. The van der Waals surface area contributed by atoms with Gasteiger partial charge >= 0.3 is 0 Å². The van der Waals surface area contributed by atoms with E-state index in [9.17, 15) is 14.9 Å². The Kier molecular flexibility index (Phi) is 6.56. The Morgan fingerprint density at radius 3 is 2.34 bits per heavy atom. The Morgan fingerprint density at radius 1 is 1.03 bits per heavy atom. The van der Waals surface area contributed by atoms with Gasteiger partial charge in [-0.2, -0.15) is 0 Å². The van der Waals surface area contributed by atoms with Crippen LogP contribution in [-0.4, -0.2) is 18.6 Å². The van der Waals surface area contributed by atoms with Crippen LogP contribution in [0.25, 0.3) is 0 Å². The van der Waals surface area contributed by atoms with Gasteiger partial charge in [0.15, 0.2) is 5.43 Å². The van der Waals surface area contributed by atoms with Gasteiger partial charge in [0.2, 0.25) is 0 Å². The summed E-state index contributed by atoms with van der Waals surface area (Å²) in [4.78, 5) is 23.7. The monoisotopic (exact) mass is 477 g/mol. The van der Waals surface area contributed by atoms with Crippen LogP contribution < -0.4 is 10.2 Å². The van der Waals surface area contributed by atoms with Gasteiger partial charge in [-0.05, 0) is 46.6 Å². The fourth-order valence-corrected chi connectivity index (χ4v) is 5.69. The van der Waals surface area contributed by atoms with Crippen LogP contribution in [0.3, 0.4) is 0 Å². The van der Waals surface area contributed by atoms with E-state index in [4.69, 9.17) is 13.9 Å². The smallest absolute Gasteiger partial charge is 0.291 e. The van der Waals surface area contributed by atoms with Crippen molar-refractivity contribution in [1.82, 2.24) is 0 Å². The third-order valence-electron chi connectivity index (χ3n) is 7.05. The van der Waals surface area contributed by atoms with Crippen molar-refractivity contribution < 1.29 is 18.8 Å². The van der Waals surface area contributed by atoms with Gasteiger partial charge < -0.3 is 13.9 Å². The van der Waals surface area contributed by atoms with Crippen LogP contribution in [-0.2, 0) is 4.74 Å². The summed E-state index contributed by atoms with van der Waals surface area (Å²) in [6.45, 7) is 10.1. The molecule has 7 heteroatoms. The number of nitro groups is 1. The molecule has 2 heterocycles.